The molecule has 0 aliphatic rings. The average molecular weight is 703 g/mol. The van der Waals surface area contributed by atoms with Gasteiger partial charge in [-0.1, -0.05) is 54.6 Å². The molecule has 4 N–H and O–H groups in total. The summed E-state index contributed by atoms with van der Waals surface area (Å²) < 4.78 is 63.3. The fraction of sp³-hybridized carbons (Fsp3) is 0.312. The van der Waals surface area contributed by atoms with Crippen LogP contribution in [0.2, 0.25) is 0 Å². The summed E-state index contributed by atoms with van der Waals surface area (Å²) >= 11 is 0. The van der Waals surface area contributed by atoms with Crippen LogP contribution in [0.15, 0.2) is 96.1 Å². The smallest absolute Gasteiger partial charge is 0.490 e. The molecule has 0 saturated carbocycles. The zero-order valence-corrected chi connectivity index (χ0v) is 26.8. The highest BCUT2D eigenvalue weighted by Crippen LogP contribution is 2.55. The van der Waals surface area contributed by atoms with E-state index in [4.69, 9.17) is 25.6 Å². The number of carbonyl (C=O) groups excluding carboxylic acids is 2. The number of halogens is 6. The summed E-state index contributed by atoms with van der Waals surface area (Å²) in [6, 6.07) is 32.8. The number of rotatable bonds is 13. The zero-order chi connectivity index (χ0) is 36.2. The summed E-state index contributed by atoms with van der Waals surface area (Å²) in [4.78, 5) is 31.8. The number of benzene rings is 3. The average Bonchev–Trinajstić information content (AvgIpc) is 3.04. The minimum absolute atomic E-state index is 0.105. The molecule has 3 aromatic carbocycles. The van der Waals surface area contributed by atoms with Crippen molar-refractivity contribution in [2.24, 2.45) is 10.9 Å². The van der Waals surface area contributed by atoms with Gasteiger partial charge in [0.25, 0.3) is 0 Å². The Morgan fingerprint density at radius 3 is 1.54 bits per heavy atom. The molecule has 48 heavy (non-hydrogen) atoms. The molecule has 0 heterocycles. The van der Waals surface area contributed by atoms with Crippen LogP contribution in [0.1, 0.15) is 25.7 Å². The highest BCUT2D eigenvalue weighted by molar-refractivity contribution is 7.95. The first kappa shape index (κ1) is 41.4. The minimum atomic E-state index is -5.19. The number of carboxylic acid groups (broad SMARTS) is 2. The van der Waals surface area contributed by atoms with Crippen molar-refractivity contribution in [2.75, 3.05) is 26.3 Å². The van der Waals surface area contributed by atoms with Gasteiger partial charge in [-0.2, -0.15) is 31.4 Å². The van der Waals surface area contributed by atoms with E-state index in [9.17, 15) is 31.1 Å². The van der Waals surface area contributed by atoms with Crippen molar-refractivity contribution in [1.29, 1.82) is 0 Å². The normalized spacial score (nSPS) is 11.4. The van der Waals surface area contributed by atoms with E-state index in [2.05, 4.69) is 101 Å². The van der Waals surface area contributed by atoms with Crippen LogP contribution in [0.3, 0.4) is 0 Å². The van der Waals surface area contributed by atoms with E-state index in [1.165, 1.54) is 15.9 Å². The van der Waals surface area contributed by atoms with Gasteiger partial charge in [-0.15, -0.1) is 0 Å². The van der Waals surface area contributed by atoms with Crippen molar-refractivity contribution >= 4 is 47.4 Å². The molecule has 3 rings (SSSR count). The Balaban J connectivity index is 0.000000687. The first-order valence-electron chi connectivity index (χ1n) is 14.4. The first-order chi connectivity index (χ1) is 22.6. The summed E-state index contributed by atoms with van der Waals surface area (Å²) in [5.74, 6) is -0.511. The second-order valence-corrected chi connectivity index (χ2v) is 13.6. The van der Waals surface area contributed by atoms with E-state index in [-0.39, 0.29) is 5.91 Å². The number of carboxylic acids is 2. The number of nitrogens with one attached hydrogen (secondary N) is 1. The maximum absolute atomic E-state index is 12.2. The maximum atomic E-state index is 12.2. The number of carbonyl (C=O) groups is 3. The van der Waals surface area contributed by atoms with Crippen LogP contribution in [-0.2, 0) is 14.4 Å². The van der Waals surface area contributed by atoms with Crippen molar-refractivity contribution in [3.63, 3.8) is 0 Å². The third kappa shape index (κ3) is 14.8. The Labute approximate surface area is 274 Å². The van der Waals surface area contributed by atoms with Crippen LogP contribution in [-0.4, -0.2) is 72.8 Å². The van der Waals surface area contributed by atoms with Crippen LogP contribution < -0.4 is 32.2 Å². The van der Waals surface area contributed by atoms with Crippen LogP contribution in [0.4, 0.5) is 26.3 Å². The zero-order valence-electron chi connectivity index (χ0n) is 26.0. The van der Waals surface area contributed by atoms with Crippen LogP contribution >= 0.6 is 7.26 Å². The molecule has 0 saturated heterocycles. The van der Waals surface area contributed by atoms with Gasteiger partial charge in [0.2, 0.25) is 5.91 Å². The SMILES string of the molecule is CN(C=NN)CCCC(=O)NCCCC[P+](c1ccccc1)(c1ccccc1)c1ccccc1.O=C(O)C(F)(F)F.O=C([O-])C(F)(F)F. The van der Waals surface area contributed by atoms with Gasteiger partial charge in [0.05, 0.1) is 6.16 Å². The van der Waals surface area contributed by atoms with E-state index in [1.807, 2.05) is 11.9 Å². The number of unbranched alkanes of at least 4 members (excludes halogenated alkanes) is 1. The summed E-state index contributed by atoms with van der Waals surface area (Å²) in [6.07, 6.45) is -4.34. The highest BCUT2D eigenvalue weighted by atomic mass is 31.2. The molecule has 0 bridgehead atoms. The van der Waals surface area contributed by atoms with Gasteiger partial charge in [0.15, 0.2) is 0 Å². The number of amides is 1. The van der Waals surface area contributed by atoms with Gasteiger partial charge in [-0.3, -0.25) is 4.79 Å². The summed E-state index contributed by atoms with van der Waals surface area (Å²) in [7, 11) is 0.105. The molecule has 0 aromatic heterocycles. The molecular formula is C32H37F6N4O5P. The highest BCUT2D eigenvalue weighted by Gasteiger charge is 2.44. The number of alkyl halides is 6. The fourth-order valence-corrected chi connectivity index (χ4v) is 8.74. The minimum Gasteiger partial charge on any atom is -0.542 e. The van der Waals surface area contributed by atoms with E-state index in [0.29, 0.717) is 13.0 Å². The molecule has 0 spiro atoms. The van der Waals surface area contributed by atoms with Crippen molar-refractivity contribution < 1.29 is 50.9 Å². The summed E-state index contributed by atoms with van der Waals surface area (Å²) in [5.41, 5.74) is 0. The van der Waals surface area contributed by atoms with Crippen molar-refractivity contribution in [3.05, 3.63) is 91.0 Å². The predicted molar refractivity (Wildman–Crippen MR) is 172 cm³/mol. The number of nitrogens with zero attached hydrogens (tertiary/aromatic N) is 2. The van der Waals surface area contributed by atoms with Gasteiger partial charge in [0.1, 0.15) is 35.5 Å². The van der Waals surface area contributed by atoms with Gasteiger partial charge >= 0.3 is 18.3 Å². The molecule has 0 atom stereocenters. The third-order valence-electron chi connectivity index (χ3n) is 6.49. The van der Waals surface area contributed by atoms with Crippen molar-refractivity contribution in [2.45, 2.75) is 38.0 Å². The Bertz CT molecular complexity index is 1290. The van der Waals surface area contributed by atoms with E-state index in [1.54, 1.807) is 6.34 Å². The third-order valence-corrected chi connectivity index (χ3v) is 11.0. The number of nitrogens with two attached hydrogens (primary N) is 1. The number of hydrogen-bond donors (Lipinski definition) is 3. The Hall–Kier alpha value is -4.65. The molecule has 0 fully saturated rings. The molecule has 0 unspecified atom stereocenters. The van der Waals surface area contributed by atoms with Crippen molar-refractivity contribution in [3.8, 4) is 0 Å². The van der Waals surface area contributed by atoms with E-state index in [0.717, 1.165) is 32.0 Å². The molecule has 0 aliphatic heterocycles. The van der Waals surface area contributed by atoms with Gasteiger partial charge in [-0.25, -0.2) is 4.79 Å². The Kier molecular flexibility index (Phi) is 17.7. The Morgan fingerprint density at radius 1 is 0.812 bits per heavy atom. The van der Waals surface area contributed by atoms with Gasteiger partial charge in [-0.05, 0) is 55.7 Å². The standard InChI is InChI=1S/C28H35N4OP.2C2HF3O2/c1-32(24-31-29)22-13-20-28(33)30-21-11-12-23-34(25-14-5-2-6-15-25,26-16-7-3-8-17-26)27-18-9-4-10-19-27;2*3-2(4,5)1(6)7/h2-10,14-19,24H,11-13,20-23,29H2,1H3;2*(H,6,7). The first-order valence-corrected chi connectivity index (χ1v) is 16.4. The molecule has 262 valence electrons. The summed E-state index contributed by atoms with van der Waals surface area (Å²) in [5, 5.41) is 26.7. The molecular weight excluding hydrogens is 665 g/mol. The quantitative estimate of drug-likeness (QED) is 0.0471. The van der Waals surface area contributed by atoms with E-state index >= 15 is 0 Å². The second-order valence-electron chi connectivity index (χ2n) is 10.0. The topological polar surface area (TPSA) is 148 Å². The Morgan fingerprint density at radius 2 is 1.21 bits per heavy atom. The molecule has 0 aliphatic carbocycles. The van der Waals surface area contributed by atoms with Crippen LogP contribution in [0, 0.1) is 0 Å². The van der Waals surface area contributed by atoms with Gasteiger partial charge in [0, 0.05) is 26.6 Å². The fourth-order valence-electron chi connectivity index (χ4n) is 4.33. The number of hydrogen-bond acceptors (Lipinski definition) is 6. The second kappa shape index (κ2) is 20.6. The van der Waals surface area contributed by atoms with Gasteiger partial charge < -0.3 is 31.1 Å². The lowest BCUT2D eigenvalue weighted by molar-refractivity contribution is -0.344. The lowest BCUT2D eigenvalue weighted by Gasteiger charge is -2.27. The molecule has 9 nitrogen and oxygen atoms in total. The monoisotopic (exact) mass is 702 g/mol. The molecule has 1 amide bonds. The number of hydrazone groups is 1. The summed E-state index contributed by atoms with van der Waals surface area (Å²) in [6.45, 7) is 1.46. The predicted octanol–water partition coefficient (Wildman–Crippen LogP) is 3.42. The van der Waals surface area contributed by atoms with E-state index < -0.39 is 31.6 Å². The lowest BCUT2D eigenvalue weighted by atomic mass is 10.2. The maximum Gasteiger partial charge on any atom is 0.490 e. The largest absolute Gasteiger partial charge is 0.542 e. The van der Waals surface area contributed by atoms with Crippen LogP contribution in [0.5, 0.6) is 0 Å². The lowest BCUT2D eigenvalue weighted by Crippen LogP contribution is -2.37. The molecule has 16 heteroatoms. The van der Waals surface area contributed by atoms with Crippen LogP contribution in [0.25, 0.3) is 0 Å². The van der Waals surface area contributed by atoms with Crippen molar-refractivity contribution in [1.82, 2.24) is 10.2 Å². The molecule has 0 radical (unpaired) electrons. The molecule has 3 aromatic rings. The number of aliphatic carboxylic acids is 2.